The molecule has 0 radical (unpaired) electrons. The van der Waals surface area contributed by atoms with Gasteiger partial charge in [-0.25, -0.2) is 0 Å². The van der Waals surface area contributed by atoms with Crippen LogP contribution in [0.3, 0.4) is 0 Å². The molecule has 7 nitrogen and oxygen atoms in total. The van der Waals surface area contributed by atoms with Gasteiger partial charge in [-0.15, -0.1) is 0 Å². The largest absolute Gasteiger partial charge is 0.489 e. The van der Waals surface area contributed by atoms with Gasteiger partial charge in [0.2, 0.25) is 5.91 Å². The van der Waals surface area contributed by atoms with Crippen molar-refractivity contribution >= 4 is 29.0 Å². The molecule has 1 aliphatic rings. The first-order valence-corrected chi connectivity index (χ1v) is 10.6. The van der Waals surface area contributed by atoms with Crippen molar-refractivity contribution in [2.75, 3.05) is 23.9 Å². The zero-order valence-corrected chi connectivity index (χ0v) is 18.2. The number of ether oxygens (including phenoxy) is 2. The fourth-order valence-corrected chi connectivity index (χ4v) is 3.42. The van der Waals surface area contributed by atoms with Crippen molar-refractivity contribution in [1.29, 1.82) is 0 Å². The zero-order valence-electron chi connectivity index (χ0n) is 18.2. The molecule has 0 fully saturated rings. The van der Waals surface area contributed by atoms with Gasteiger partial charge in [-0.1, -0.05) is 30.3 Å². The summed E-state index contributed by atoms with van der Waals surface area (Å²) in [5.41, 5.74) is 2.69. The van der Waals surface area contributed by atoms with Crippen LogP contribution in [0.2, 0.25) is 0 Å². The summed E-state index contributed by atoms with van der Waals surface area (Å²) in [6.45, 7) is 0.449. The third-order valence-corrected chi connectivity index (χ3v) is 5.33. The van der Waals surface area contributed by atoms with Crippen LogP contribution in [0.4, 0.5) is 11.4 Å². The van der Waals surface area contributed by atoms with E-state index in [2.05, 4.69) is 5.32 Å². The number of nitrogens with one attached hydrogen (secondary N) is 1. The second-order valence-corrected chi connectivity index (χ2v) is 7.69. The number of benzene rings is 3. The average molecular weight is 444 g/mol. The Morgan fingerprint density at radius 3 is 2.52 bits per heavy atom. The van der Waals surface area contributed by atoms with E-state index < -0.39 is 0 Å². The monoisotopic (exact) mass is 444 g/mol. The van der Waals surface area contributed by atoms with Crippen molar-refractivity contribution in [2.45, 2.75) is 19.4 Å². The van der Waals surface area contributed by atoms with Gasteiger partial charge in [-0.2, -0.15) is 0 Å². The number of nitrogens with zero attached hydrogens (tertiary/aromatic N) is 1. The minimum atomic E-state index is -0.255. The molecule has 2 amide bonds. The van der Waals surface area contributed by atoms with Crippen LogP contribution in [-0.2, 0) is 16.2 Å². The van der Waals surface area contributed by atoms with Crippen molar-refractivity contribution in [3.63, 3.8) is 0 Å². The van der Waals surface area contributed by atoms with Gasteiger partial charge in [0.1, 0.15) is 18.1 Å². The van der Waals surface area contributed by atoms with E-state index in [0.29, 0.717) is 35.0 Å². The molecule has 0 aliphatic carbocycles. The quantitative estimate of drug-likeness (QED) is 0.526. The van der Waals surface area contributed by atoms with Gasteiger partial charge in [0.15, 0.2) is 12.4 Å². The van der Waals surface area contributed by atoms with Crippen LogP contribution < -0.4 is 19.7 Å². The number of anilines is 2. The second kappa shape index (κ2) is 9.99. The summed E-state index contributed by atoms with van der Waals surface area (Å²) in [5, 5.41) is 2.79. The number of hydrogen-bond acceptors (Lipinski definition) is 5. The Kier molecular flexibility index (Phi) is 6.69. The van der Waals surface area contributed by atoms with E-state index in [9.17, 15) is 14.4 Å². The second-order valence-electron chi connectivity index (χ2n) is 7.69. The Labute approximate surface area is 191 Å². The van der Waals surface area contributed by atoms with Crippen LogP contribution in [-0.4, -0.2) is 31.3 Å². The topological polar surface area (TPSA) is 84.9 Å². The summed E-state index contributed by atoms with van der Waals surface area (Å²) >= 11 is 0. The minimum Gasteiger partial charge on any atom is -0.489 e. The van der Waals surface area contributed by atoms with Crippen molar-refractivity contribution in [3.05, 3.63) is 83.9 Å². The number of carbonyl (C=O) groups is 3. The van der Waals surface area contributed by atoms with Gasteiger partial charge in [0.25, 0.3) is 5.91 Å². The van der Waals surface area contributed by atoms with Crippen LogP contribution in [0.5, 0.6) is 11.5 Å². The molecule has 0 saturated heterocycles. The molecule has 1 N–H and O–H groups in total. The number of hydrogen-bond donors (Lipinski definition) is 1. The van der Waals surface area contributed by atoms with Gasteiger partial charge in [-0.3, -0.25) is 14.4 Å². The molecule has 168 valence electrons. The Bertz CT molecular complexity index is 1160. The Balaban J connectivity index is 1.27. The highest BCUT2D eigenvalue weighted by molar-refractivity contribution is 6.03. The van der Waals surface area contributed by atoms with Crippen molar-refractivity contribution in [2.24, 2.45) is 0 Å². The first kappa shape index (κ1) is 22.1. The van der Waals surface area contributed by atoms with Crippen molar-refractivity contribution < 1.29 is 23.9 Å². The molecule has 4 rings (SSSR count). The molecule has 0 saturated carbocycles. The van der Waals surface area contributed by atoms with E-state index >= 15 is 0 Å². The maximum Gasteiger partial charge on any atom is 0.264 e. The van der Waals surface area contributed by atoms with Crippen LogP contribution >= 0.6 is 0 Å². The number of ketones is 1. The summed E-state index contributed by atoms with van der Waals surface area (Å²) in [7, 11) is 1.64. The zero-order chi connectivity index (χ0) is 23.2. The summed E-state index contributed by atoms with van der Waals surface area (Å²) in [6.07, 6.45) is 0.106. The lowest BCUT2D eigenvalue weighted by Gasteiger charge is -2.26. The van der Waals surface area contributed by atoms with Gasteiger partial charge >= 0.3 is 0 Å². The molecule has 7 heteroatoms. The highest BCUT2D eigenvalue weighted by atomic mass is 16.5. The molecule has 0 spiro atoms. The summed E-state index contributed by atoms with van der Waals surface area (Å²) in [6, 6.07) is 21.9. The number of Topliss-reactive ketones (excluding diaryl/α,β-unsaturated/α-hetero) is 1. The standard InChI is InChI=1S/C26H24N2O5/c1-28-22-15-19(7-13-24(22)33-17-26(28)31)23(29)12-14-25(30)27-20-8-10-21(11-9-20)32-16-18-5-3-2-4-6-18/h2-11,13,15H,12,14,16-17H2,1H3,(H,27,30). The Morgan fingerprint density at radius 2 is 1.76 bits per heavy atom. The molecule has 0 bridgehead atoms. The minimum absolute atomic E-state index is 0.0168. The van der Waals surface area contributed by atoms with E-state index in [1.807, 2.05) is 30.3 Å². The third kappa shape index (κ3) is 5.57. The highest BCUT2D eigenvalue weighted by Crippen LogP contribution is 2.32. The van der Waals surface area contributed by atoms with E-state index in [1.165, 1.54) is 4.90 Å². The van der Waals surface area contributed by atoms with Crippen LogP contribution in [0.1, 0.15) is 28.8 Å². The van der Waals surface area contributed by atoms with E-state index in [0.717, 1.165) is 5.56 Å². The molecule has 3 aromatic rings. The number of rotatable bonds is 8. The predicted molar refractivity (Wildman–Crippen MR) is 125 cm³/mol. The SMILES string of the molecule is CN1C(=O)COc2ccc(C(=O)CCC(=O)Nc3ccc(OCc4ccccc4)cc3)cc21. The van der Waals surface area contributed by atoms with E-state index in [-0.39, 0.29) is 37.0 Å². The van der Waals surface area contributed by atoms with E-state index in [4.69, 9.17) is 9.47 Å². The fourth-order valence-electron chi connectivity index (χ4n) is 3.42. The first-order valence-electron chi connectivity index (χ1n) is 10.6. The summed E-state index contributed by atoms with van der Waals surface area (Å²) in [4.78, 5) is 38.1. The average Bonchev–Trinajstić information content (AvgIpc) is 2.85. The van der Waals surface area contributed by atoms with Crippen LogP contribution in [0.15, 0.2) is 72.8 Å². The highest BCUT2D eigenvalue weighted by Gasteiger charge is 2.23. The Hall–Kier alpha value is -4.13. The van der Waals surface area contributed by atoms with Gasteiger partial charge in [0, 0.05) is 31.1 Å². The number of amides is 2. The molecule has 0 atom stereocenters. The molecule has 0 aromatic heterocycles. The first-order chi connectivity index (χ1) is 16.0. The van der Waals surface area contributed by atoms with Crippen molar-refractivity contribution in [1.82, 2.24) is 0 Å². The molecular formula is C26H24N2O5. The van der Waals surface area contributed by atoms with Crippen LogP contribution in [0, 0.1) is 0 Å². The predicted octanol–water partition coefficient (Wildman–Crippen LogP) is 4.22. The lowest BCUT2D eigenvalue weighted by atomic mass is 10.0. The lowest BCUT2D eigenvalue weighted by molar-refractivity contribution is -0.121. The summed E-state index contributed by atoms with van der Waals surface area (Å²) in [5.74, 6) is 0.649. The molecule has 33 heavy (non-hydrogen) atoms. The van der Waals surface area contributed by atoms with Crippen molar-refractivity contribution in [3.8, 4) is 11.5 Å². The number of likely N-dealkylation sites (N-methyl/N-ethyl adjacent to an activating group) is 1. The maximum atomic E-state index is 12.6. The molecule has 1 aliphatic heterocycles. The summed E-state index contributed by atoms with van der Waals surface area (Å²) < 4.78 is 11.1. The van der Waals surface area contributed by atoms with Gasteiger partial charge in [-0.05, 0) is 48.0 Å². The molecule has 1 heterocycles. The molecule has 0 unspecified atom stereocenters. The normalized spacial score (nSPS) is 12.5. The molecular weight excluding hydrogens is 420 g/mol. The number of fused-ring (bicyclic) bond motifs is 1. The molecule has 3 aromatic carbocycles. The number of carbonyl (C=O) groups excluding carboxylic acids is 3. The van der Waals surface area contributed by atoms with Gasteiger partial charge in [0.05, 0.1) is 5.69 Å². The fraction of sp³-hybridized carbons (Fsp3) is 0.192. The van der Waals surface area contributed by atoms with E-state index in [1.54, 1.807) is 49.5 Å². The third-order valence-electron chi connectivity index (χ3n) is 5.33. The van der Waals surface area contributed by atoms with Gasteiger partial charge < -0.3 is 19.7 Å². The lowest BCUT2D eigenvalue weighted by Crippen LogP contribution is -2.35. The smallest absolute Gasteiger partial charge is 0.264 e. The Morgan fingerprint density at radius 1 is 1.00 bits per heavy atom. The van der Waals surface area contributed by atoms with Crippen LogP contribution in [0.25, 0.3) is 0 Å². The maximum absolute atomic E-state index is 12.6.